The Hall–Kier alpha value is -2.59. The van der Waals surface area contributed by atoms with Crippen LogP contribution in [0.5, 0.6) is 11.5 Å². The van der Waals surface area contributed by atoms with Gasteiger partial charge in [0.15, 0.2) is 11.5 Å². The van der Waals surface area contributed by atoms with Gasteiger partial charge in [-0.3, -0.25) is 14.5 Å². The first kappa shape index (κ1) is 25.7. The number of thioether (sulfide) groups is 1. The van der Waals surface area contributed by atoms with Crippen LogP contribution in [0.25, 0.3) is 6.08 Å². The summed E-state index contributed by atoms with van der Waals surface area (Å²) in [6.07, 6.45) is 2.00. The maximum atomic E-state index is 12.8. The van der Waals surface area contributed by atoms with Gasteiger partial charge in [-0.15, -0.1) is 0 Å². The molecule has 174 valence electrons. The zero-order chi connectivity index (χ0) is 23.8. The Morgan fingerprint density at radius 2 is 2.03 bits per heavy atom. The number of amides is 2. The number of nitrogens with zero attached hydrogens (tertiary/aromatic N) is 1. The molecule has 1 saturated heterocycles. The first-order valence-electron chi connectivity index (χ1n) is 10.2. The highest BCUT2D eigenvalue weighted by Crippen LogP contribution is 2.34. The van der Waals surface area contributed by atoms with Crippen molar-refractivity contribution in [3.8, 4) is 11.5 Å². The van der Waals surface area contributed by atoms with Crippen molar-refractivity contribution < 1.29 is 29.0 Å². The molecule has 32 heavy (non-hydrogen) atoms. The van der Waals surface area contributed by atoms with Gasteiger partial charge in [0.1, 0.15) is 10.4 Å². The Morgan fingerprint density at radius 1 is 1.31 bits per heavy atom. The fourth-order valence-corrected chi connectivity index (χ4v) is 4.37. The van der Waals surface area contributed by atoms with Crippen molar-refractivity contribution in [1.29, 1.82) is 0 Å². The lowest BCUT2D eigenvalue weighted by Gasteiger charge is -2.18. The highest BCUT2D eigenvalue weighted by atomic mass is 32.2. The average Bonchev–Trinajstić information content (AvgIpc) is 2.99. The van der Waals surface area contributed by atoms with Crippen LogP contribution in [0.3, 0.4) is 0 Å². The normalized spacial score (nSPS) is 15.9. The van der Waals surface area contributed by atoms with Gasteiger partial charge in [0.25, 0.3) is 5.91 Å². The zero-order valence-electron chi connectivity index (χ0n) is 18.5. The number of ether oxygens (including phenoxy) is 2. The molecule has 2 amide bonds. The van der Waals surface area contributed by atoms with E-state index in [4.69, 9.17) is 21.7 Å². The van der Waals surface area contributed by atoms with Gasteiger partial charge in [0.05, 0.1) is 18.6 Å². The predicted octanol–water partition coefficient (Wildman–Crippen LogP) is 3.30. The molecule has 1 aliphatic heterocycles. The lowest BCUT2D eigenvalue weighted by atomic mass is 10.0. The lowest BCUT2D eigenvalue weighted by Crippen LogP contribution is -2.43. The summed E-state index contributed by atoms with van der Waals surface area (Å²) in [5.74, 6) is -0.518. The van der Waals surface area contributed by atoms with Gasteiger partial charge < -0.3 is 19.9 Å². The van der Waals surface area contributed by atoms with Gasteiger partial charge in [-0.1, -0.05) is 43.9 Å². The quantitative estimate of drug-likeness (QED) is 0.367. The van der Waals surface area contributed by atoms with Crippen LogP contribution < -0.4 is 14.8 Å². The molecule has 1 aromatic carbocycles. The number of methoxy groups -OCH3 is 1. The molecule has 0 spiro atoms. The molecular weight excluding hydrogens is 452 g/mol. The Labute approximate surface area is 197 Å². The second-order valence-electron chi connectivity index (χ2n) is 7.51. The van der Waals surface area contributed by atoms with E-state index in [1.807, 2.05) is 26.8 Å². The number of benzene rings is 1. The van der Waals surface area contributed by atoms with E-state index in [2.05, 4.69) is 5.32 Å². The number of thiocarbonyl (C=S) groups is 1. The average molecular weight is 481 g/mol. The molecule has 8 nitrogen and oxygen atoms in total. The van der Waals surface area contributed by atoms with E-state index < -0.39 is 17.9 Å². The molecule has 0 radical (unpaired) electrons. The minimum absolute atomic E-state index is 0.0432. The van der Waals surface area contributed by atoms with Crippen molar-refractivity contribution in [2.24, 2.45) is 5.92 Å². The smallest absolute Gasteiger partial charge is 0.326 e. The molecule has 0 saturated carbocycles. The number of nitrogens with one attached hydrogen (secondary N) is 1. The fourth-order valence-electron chi connectivity index (χ4n) is 3.07. The molecule has 10 heteroatoms. The van der Waals surface area contributed by atoms with Crippen LogP contribution in [0.4, 0.5) is 0 Å². The summed E-state index contributed by atoms with van der Waals surface area (Å²) in [4.78, 5) is 38.2. The van der Waals surface area contributed by atoms with Gasteiger partial charge in [0, 0.05) is 13.0 Å². The largest absolute Gasteiger partial charge is 0.493 e. The van der Waals surface area contributed by atoms with Crippen molar-refractivity contribution in [2.45, 2.75) is 39.7 Å². The van der Waals surface area contributed by atoms with E-state index in [0.717, 1.165) is 17.3 Å². The molecule has 0 bridgehead atoms. The van der Waals surface area contributed by atoms with Crippen LogP contribution in [-0.4, -0.2) is 58.4 Å². The van der Waals surface area contributed by atoms with Crippen molar-refractivity contribution >= 4 is 52.2 Å². The van der Waals surface area contributed by atoms with E-state index in [-0.39, 0.29) is 24.8 Å². The van der Waals surface area contributed by atoms with Crippen LogP contribution in [0.2, 0.25) is 0 Å². The second kappa shape index (κ2) is 11.9. The molecule has 0 unspecified atom stereocenters. The Morgan fingerprint density at radius 3 is 2.62 bits per heavy atom. The highest BCUT2D eigenvalue weighted by Gasteiger charge is 2.32. The fraction of sp³-hybridized carbons (Fsp3) is 0.455. The summed E-state index contributed by atoms with van der Waals surface area (Å²) in [7, 11) is 1.54. The molecule has 2 rings (SSSR count). The summed E-state index contributed by atoms with van der Waals surface area (Å²) >= 11 is 6.46. The molecule has 1 atom stereocenters. The summed E-state index contributed by atoms with van der Waals surface area (Å²) in [5, 5.41) is 11.8. The number of carboxylic acids is 1. The van der Waals surface area contributed by atoms with Gasteiger partial charge in [-0.2, -0.15) is 0 Å². The van der Waals surface area contributed by atoms with E-state index in [1.54, 1.807) is 25.3 Å². The molecule has 0 aromatic heterocycles. The third-order valence-corrected chi connectivity index (χ3v) is 5.94. The molecule has 1 heterocycles. The van der Waals surface area contributed by atoms with E-state index in [0.29, 0.717) is 33.8 Å². The van der Waals surface area contributed by atoms with Gasteiger partial charge in [0.2, 0.25) is 5.91 Å². The van der Waals surface area contributed by atoms with Crippen LogP contribution in [0.15, 0.2) is 23.1 Å². The predicted molar refractivity (Wildman–Crippen MR) is 128 cm³/mol. The molecular formula is C22H28N2O6S2. The Kier molecular flexibility index (Phi) is 9.52. The summed E-state index contributed by atoms with van der Waals surface area (Å²) in [6, 6.07) is 4.40. The molecule has 1 fully saturated rings. The van der Waals surface area contributed by atoms with Crippen LogP contribution in [-0.2, 0) is 14.4 Å². The molecule has 1 aromatic rings. The van der Waals surface area contributed by atoms with Gasteiger partial charge >= 0.3 is 5.97 Å². The maximum absolute atomic E-state index is 12.8. The first-order chi connectivity index (χ1) is 15.2. The SMILES string of the molecule is CCOc1ccc(/C=C2/SC(=S)N(CCC(=O)N[C@@H](CC(C)C)C(=O)O)C2=O)cc1OC. The molecule has 2 N–H and O–H groups in total. The maximum Gasteiger partial charge on any atom is 0.326 e. The highest BCUT2D eigenvalue weighted by molar-refractivity contribution is 8.26. The number of hydrogen-bond donors (Lipinski definition) is 2. The lowest BCUT2D eigenvalue weighted by molar-refractivity contribution is -0.142. The molecule has 1 aliphatic rings. The van der Waals surface area contributed by atoms with Gasteiger partial charge in [-0.25, -0.2) is 4.79 Å². The van der Waals surface area contributed by atoms with Crippen molar-refractivity contribution in [1.82, 2.24) is 10.2 Å². The summed E-state index contributed by atoms with van der Waals surface area (Å²) < 4.78 is 11.2. The van der Waals surface area contributed by atoms with Gasteiger partial charge in [-0.05, 0) is 43.0 Å². The zero-order valence-corrected chi connectivity index (χ0v) is 20.2. The number of carbonyl (C=O) groups is 3. The van der Waals surface area contributed by atoms with E-state index in [1.165, 1.54) is 4.90 Å². The minimum atomic E-state index is -1.08. The van der Waals surface area contributed by atoms with Crippen molar-refractivity contribution in [3.63, 3.8) is 0 Å². The van der Waals surface area contributed by atoms with Crippen LogP contribution >= 0.6 is 24.0 Å². The number of carboxylic acid groups (broad SMARTS) is 1. The van der Waals surface area contributed by atoms with Crippen molar-refractivity contribution in [3.05, 3.63) is 28.7 Å². The number of carbonyl (C=O) groups excluding carboxylic acids is 2. The minimum Gasteiger partial charge on any atom is -0.493 e. The monoisotopic (exact) mass is 480 g/mol. The number of rotatable bonds is 11. The third-order valence-electron chi connectivity index (χ3n) is 4.56. The Bertz CT molecular complexity index is 916. The number of aliphatic carboxylic acids is 1. The summed E-state index contributed by atoms with van der Waals surface area (Å²) in [6.45, 7) is 6.23. The standard InChI is InChI=1S/C22H28N2O6S2/c1-5-30-16-7-6-14(11-17(16)29-4)12-18-20(26)24(22(31)32-18)9-8-19(25)23-15(21(27)28)10-13(2)3/h6-7,11-13,15H,5,8-10H2,1-4H3,(H,23,25)(H,27,28)/b18-12+/t15-/m0/s1. The van der Waals surface area contributed by atoms with E-state index >= 15 is 0 Å². The second-order valence-corrected chi connectivity index (χ2v) is 9.19. The van der Waals surface area contributed by atoms with Crippen LogP contribution in [0.1, 0.15) is 39.2 Å². The van der Waals surface area contributed by atoms with E-state index in [9.17, 15) is 19.5 Å². The molecule has 0 aliphatic carbocycles. The first-order valence-corrected chi connectivity index (χ1v) is 11.5. The Balaban J connectivity index is 2.03. The third kappa shape index (κ3) is 6.96. The van der Waals surface area contributed by atoms with Crippen molar-refractivity contribution in [2.75, 3.05) is 20.3 Å². The van der Waals surface area contributed by atoms with Crippen LogP contribution in [0, 0.1) is 5.92 Å². The summed E-state index contributed by atoms with van der Waals surface area (Å²) in [5.41, 5.74) is 0.751. The topological polar surface area (TPSA) is 105 Å². The number of hydrogen-bond acceptors (Lipinski definition) is 7.